The molecule has 0 rings (SSSR count). The molecule has 0 spiro atoms. The summed E-state index contributed by atoms with van der Waals surface area (Å²) in [6.45, 7) is 1.98. The van der Waals surface area contributed by atoms with Gasteiger partial charge in [-0.3, -0.25) is 4.99 Å². The Morgan fingerprint density at radius 1 is 1.44 bits per heavy atom. The van der Waals surface area contributed by atoms with Crippen LogP contribution in [0.15, 0.2) is 17.1 Å². The van der Waals surface area contributed by atoms with Crippen LogP contribution < -0.4 is 0 Å². The molecular weight excluding hydrogens is 112 g/mol. The molecule has 0 atom stereocenters. The van der Waals surface area contributed by atoms with Crippen molar-refractivity contribution in [3.05, 3.63) is 12.2 Å². The standard InChI is InChI=1S/C7H14N2/c1-5-6-7(8-2)9(3)4/h5-6H,1-4H3/b6-5+,8-7?. The summed E-state index contributed by atoms with van der Waals surface area (Å²) >= 11 is 0. The van der Waals surface area contributed by atoms with Crippen molar-refractivity contribution in [1.29, 1.82) is 0 Å². The highest BCUT2D eigenvalue weighted by molar-refractivity contribution is 5.92. The fraction of sp³-hybridized carbons (Fsp3) is 0.571. The van der Waals surface area contributed by atoms with Crippen LogP contribution in [0.1, 0.15) is 6.92 Å². The van der Waals surface area contributed by atoms with Gasteiger partial charge in [0.15, 0.2) is 0 Å². The molecule has 0 aromatic carbocycles. The van der Waals surface area contributed by atoms with E-state index in [0.29, 0.717) is 0 Å². The molecule has 9 heavy (non-hydrogen) atoms. The number of likely N-dealkylation sites (N-methyl/N-ethyl adjacent to an activating group) is 1. The Kier molecular flexibility index (Phi) is 3.76. The maximum Gasteiger partial charge on any atom is 0.122 e. The van der Waals surface area contributed by atoms with Gasteiger partial charge >= 0.3 is 0 Å². The third kappa shape index (κ3) is 2.90. The van der Waals surface area contributed by atoms with Crippen molar-refractivity contribution in [2.24, 2.45) is 4.99 Å². The molecule has 0 bridgehead atoms. The normalized spacial score (nSPS) is 12.7. The summed E-state index contributed by atoms with van der Waals surface area (Å²) in [6, 6.07) is 0. The second kappa shape index (κ2) is 4.13. The van der Waals surface area contributed by atoms with Crippen molar-refractivity contribution in [1.82, 2.24) is 4.90 Å². The second-order valence-electron chi connectivity index (χ2n) is 1.98. The number of amidine groups is 1. The molecule has 0 radical (unpaired) electrons. The van der Waals surface area contributed by atoms with Crippen LogP contribution in [0.25, 0.3) is 0 Å². The van der Waals surface area contributed by atoms with Crippen LogP contribution in [0.3, 0.4) is 0 Å². The van der Waals surface area contributed by atoms with E-state index in [-0.39, 0.29) is 0 Å². The summed E-state index contributed by atoms with van der Waals surface area (Å²) in [4.78, 5) is 6.01. The van der Waals surface area contributed by atoms with E-state index in [1.165, 1.54) is 0 Å². The fourth-order valence-electron chi connectivity index (χ4n) is 0.573. The Bertz CT molecular complexity index is 123. The molecule has 0 unspecified atom stereocenters. The zero-order chi connectivity index (χ0) is 7.28. The molecule has 2 heteroatoms. The molecule has 0 fully saturated rings. The Morgan fingerprint density at radius 3 is 2.11 bits per heavy atom. The summed E-state index contributed by atoms with van der Waals surface area (Å²) in [7, 11) is 5.74. The zero-order valence-electron chi connectivity index (χ0n) is 6.55. The van der Waals surface area contributed by atoms with Crippen molar-refractivity contribution in [3.63, 3.8) is 0 Å². The first-order valence-corrected chi connectivity index (χ1v) is 2.99. The lowest BCUT2D eigenvalue weighted by Crippen LogP contribution is -2.19. The largest absolute Gasteiger partial charge is 0.363 e. The number of nitrogens with zero attached hydrogens (tertiary/aromatic N) is 2. The van der Waals surface area contributed by atoms with Crippen molar-refractivity contribution < 1.29 is 0 Å². The van der Waals surface area contributed by atoms with Gasteiger partial charge in [0, 0.05) is 21.1 Å². The lowest BCUT2D eigenvalue weighted by atomic mass is 10.4. The number of hydrogen-bond donors (Lipinski definition) is 0. The van der Waals surface area contributed by atoms with E-state index in [2.05, 4.69) is 4.99 Å². The molecule has 0 aromatic rings. The number of hydrogen-bond acceptors (Lipinski definition) is 1. The molecule has 2 nitrogen and oxygen atoms in total. The van der Waals surface area contributed by atoms with Gasteiger partial charge in [0.05, 0.1) is 0 Å². The predicted molar refractivity (Wildman–Crippen MR) is 41.9 cm³/mol. The van der Waals surface area contributed by atoms with E-state index in [0.717, 1.165) is 5.84 Å². The summed E-state index contributed by atoms with van der Waals surface area (Å²) in [5.41, 5.74) is 0. The SMILES string of the molecule is C/C=C/C(=NC)N(C)C. The van der Waals surface area contributed by atoms with Crippen LogP contribution in [0.5, 0.6) is 0 Å². The van der Waals surface area contributed by atoms with Gasteiger partial charge in [0.1, 0.15) is 5.84 Å². The Labute approximate surface area is 56.9 Å². The highest BCUT2D eigenvalue weighted by atomic mass is 15.1. The van der Waals surface area contributed by atoms with Crippen molar-refractivity contribution in [3.8, 4) is 0 Å². The van der Waals surface area contributed by atoms with E-state index in [1.54, 1.807) is 7.05 Å². The Morgan fingerprint density at radius 2 is 2.00 bits per heavy atom. The minimum Gasteiger partial charge on any atom is -0.363 e. The molecule has 0 saturated heterocycles. The zero-order valence-corrected chi connectivity index (χ0v) is 6.55. The Hall–Kier alpha value is -0.790. The molecular formula is C7H14N2. The van der Waals surface area contributed by atoms with Gasteiger partial charge < -0.3 is 4.90 Å². The van der Waals surface area contributed by atoms with Crippen molar-refractivity contribution >= 4 is 5.84 Å². The molecule has 0 heterocycles. The second-order valence-corrected chi connectivity index (χ2v) is 1.98. The quantitative estimate of drug-likeness (QED) is 0.380. The van der Waals surface area contributed by atoms with E-state index >= 15 is 0 Å². The third-order valence-corrected chi connectivity index (χ3v) is 1.00. The van der Waals surface area contributed by atoms with E-state index in [4.69, 9.17) is 0 Å². The highest BCUT2D eigenvalue weighted by Gasteiger charge is 1.90. The lowest BCUT2D eigenvalue weighted by molar-refractivity contribution is 0.625. The maximum atomic E-state index is 4.03. The van der Waals surface area contributed by atoms with Crippen LogP contribution in [-0.2, 0) is 0 Å². The van der Waals surface area contributed by atoms with E-state index < -0.39 is 0 Å². The number of allylic oxidation sites excluding steroid dienone is 1. The van der Waals surface area contributed by atoms with Gasteiger partial charge in [-0.05, 0) is 13.0 Å². The molecule has 0 aliphatic carbocycles. The number of aliphatic imine (C=N–C) groups is 1. The smallest absolute Gasteiger partial charge is 0.122 e. The van der Waals surface area contributed by atoms with E-state index in [1.807, 2.05) is 38.1 Å². The minimum atomic E-state index is 0.998. The lowest BCUT2D eigenvalue weighted by Gasteiger charge is -2.10. The van der Waals surface area contributed by atoms with Crippen LogP contribution in [-0.4, -0.2) is 31.9 Å². The van der Waals surface area contributed by atoms with Crippen LogP contribution >= 0.6 is 0 Å². The first-order chi connectivity index (χ1) is 4.22. The average Bonchev–Trinajstić information content (AvgIpc) is 1.82. The molecule has 0 saturated carbocycles. The fourth-order valence-corrected chi connectivity index (χ4v) is 0.573. The topological polar surface area (TPSA) is 15.6 Å². The summed E-state index contributed by atoms with van der Waals surface area (Å²) < 4.78 is 0. The summed E-state index contributed by atoms with van der Waals surface area (Å²) in [5.74, 6) is 0.998. The molecule has 0 N–H and O–H groups in total. The van der Waals surface area contributed by atoms with Crippen LogP contribution in [0.4, 0.5) is 0 Å². The third-order valence-electron chi connectivity index (χ3n) is 1.00. The van der Waals surface area contributed by atoms with Gasteiger partial charge in [-0.25, -0.2) is 0 Å². The van der Waals surface area contributed by atoms with Gasteiger partial charge in [-0.2, -0.15) is 0 Å². The minimum absolute atomic E-state index is 0.998. The van der Waals surface area contributed by atoms with Crippen LogP contribution in [0.2, 0.25) is 0 Å². The molecule has 52 valence electrons. The number of rotatable bonds is 1. The van der Waals surface area contributed by atoms with Gasteiger partial charge in [0.25, 0.3) is 0 Å². The first kappa shape index (κ1) is 8.21. The maximum absolute atomic E-state index is 4.03. The monoisotopic (exact) mass is 126 g/mol. The summed E-state index contributed by atoms with van der Waals surface area (Å²) in [5, 5.41) is 0. The Balaban J connectivity index is 4.01. The summed E-state index contributed by atoms with van der Waals surface area (Å²) in [6.07, 6.45) is 3.95. The molecule has 0 amide bonds. The molecule has 0 aliphatic rings. The van der Waals surface area contributed by atoms with Gasteiger partial charge in [-0.1, -0.05) is 6.08 Å². The van der Waals surface area contributed by atoms with Gasteiger partial charge in [0.2, 0.25) is 0 Å². The van der Waals surface area contributed by atoms with Crippen LogP contribution in [0, 0.1) is 0 Å². The van der Waals surface area contributed by atoms with Crippen molar-refractivity contribution in [2.45, 2.75) is 6.92 Å². The predicted octanol–water partition coefficient (Wildman–Crippen LogP) is 1.15. The molecule has 0 aromatic heterocycles. The van der Waals surface area contributed by atoms with Gasteiger partial charge in [-0.15, -0.1) is 0 Å². The van der Waals surface area contributed by atoms with Crippen molar-refractivity contribution in [2.75, 3.05) is 21.1 Å². The molecule has 0 aliphatic heterocycles. The highest BCUT2D eigenvalue weighted by Crippen LogP contribution is 1.84. The average molecular weight is 126 g/mol. The first-order valence-electron chi connectivity index (χ1n) is 2.99. The van der Waals surface area contributed by atoms with E-state index in [9.17, 15) is 0 Å².